The molecule has 0 bridgehead atoms. The second kappa shape index (κ2) is 9.18. The number of halogens is 1. The van der Waals surface area contributed by atoms with Gasteiger partial charge in [-0.15, -0.1) is 10.2 Å². The summed E-state index contributed by atoms with van der Waals surface area (Å²) in [5.74, 6) is -0.159. The Morgan fingerprint density at radius 2 is 2.18 bits per heavy atom. The van der Waals surface area contributed by atoms with E-state index in [0.29, 0.717) is 28.4 Å². The van der Waals surface area contributed by atoms with Gasteiger partial charge >= 0.3 is 12.1 Å². The Balaban J connectivity index is 1.24. The lowest BCUT2D eigenvalue weighted by Crippen LogP contribution is -2.35. The van der Waals surface area contributed by atoms with Crippen molar-refractivity contribution < 1.29 is 27.9 Å². The molecule has 11 heteroatoms. The molecule has 4 heterocycles. The number of nitrogens with one attached hydrogen (secondary N) is 1. The van der Waals surface area contributed by atoms with Gasteiger partial charge in [0.2, 0.25) is 5.89 Å². The van der Waals surface area contributed by atoms with Crippen LogP contribution in [0.2, 0.25) is 0 Å². The number of hydrogen-bond acceptors (Lipinski definition) is 9. The number of carbonyl (C=O) groups excluding carboxylic acids is 2. The molecule has 3 aromatic rings. The van der Waals surface area contributed by atoms with Crippen LogP contribution in [0.1, 0.15) is 18.7 Å². The van der Waals surface area contributed by atoms with E-state index >= 15 is 0 Å². The van der Waals surface area contributed by atoms with Crippen LogP contribution < -0.4 is 10.2 Å². The van der Waals surface area contributed by atoms with Crippen molar-refractivity contribution in [2.45, 2.75) is 31.9 Å². The molecule has 1 aromatic carbocycles. The lowest BCUT2D eigenvalue weighted by atomic mass is 10.1. The van der Waals surface area contributed by atoms with Crippen molar-refractivity contribution in [1.82, 2.24) is 20.5 Å². The Kier molecular flexibility index (Phi) is 5.93. The Morgan fingerprint density at radius 3 is 2.85 bits per heavy atom. The van der Waals surface area contributed by atoms with Gasteiger partial charge in [0.15, 0.2) is 6.10 Å². The molecule has 0 unspecified atom stereocenters. The highest BCUT2D eigenvalue weighted by molar-refractivity contribution is 5.90. The number of cyclic esters (lactones) is 1. The maximum atomic E-state index is 14.9. The minimum absolute atomic E-state index is 0.0442. The van der Waals surface area contributed by atoms with Crippen molar-refractivity contribution in [1.29, 1.82) is 0 Å². The van der Waals surface area contributed by atoms with Gasteiger partial charge in [-0.25, -0.2) is 9.18 Å². The van der Waals surface area contributed by atoms with Crippen molar-refractivity contribution in [2.24, 2.45) is 0 Å². The number of esters is 1. The summed E-state index contributed by atoms with van der Waals surface area (Å²) in [7, 11) is 0. The van der Waals surface area contributed by atoms with Crippen LogP contribution >= 0.6 is 0 Å². The molecular weight excluding hydrogens is 445 g/mol. The number of benzene rings is 1. The van der Waals surface area contributed by atoms with Crippen molar-refractivity contribution in [3.8, 4) is 22.7 Å². The van der Waals surface area contributed by atoms with Crippen LogP contribution in [0, 0.1) is 12.7 Å². The molecule has 10 nitrogen and oxygen atoms in total. The normalized spacial score (nSPS) is 19.9. The second-order valence-electron chi connectivity index (χ2n) is 8.12. The first-order chi connectivity index (χ1) is 16.5. The van der Waals surface area contributed by atoms with Crippen LogP contribution in [0.25, 0.3) is 22.7 Å². The number of aryl methyl sites for hydroxylation is 1. The Hall–Kier alpha value is -3.86. The summed E-state index contributed by atoms with van der Waals surface area (Å²) >= 11 is 0. The summed E-state index contributed by atoms with van der Waals surface area (Å²) < 4.78 is 30.9. The Morgan fingerprint density at radius 1 is 1.29 bits per heavy atom. The summed E-state index contributed by atoms with van der Waals surface area (Å²) in [5, 5.41) is 10.7. The molecule has 2 aliphatic heterocycles. The van der Waals surface area contributed by atoms with Crippen LogP contribution in [0.15, 0.2) is 40.9 Å². The number of nitrogens with zero attached hydrogens (tertiary/aromatic N) is 4. The van der Waals surface area contributed by atoms with Gasteiger partial charge in [0.05, 0.1) is 12.2 Å². The smallest absolute Gasteiger partial charge is 0.414 e. The molecule has 34 heavy (non-hydrogen) atoms. The summed E-state index contributed by atoms with van der Waals surface area (Å²) in [6.45, 7) is 2.58. The van der Waals surface area contributed by atoms with E-state index in [4.69, 9.17) is 13.9 Å². The molecule has 0 spiro atoms. The molecule has 2 saturated heterocycles. The molecule has 2 aromatic heterocycles. The number of rotatable bonds is 6. The third-order valence-corrected chi connectivity index (χ3v) is 5.71. The zero-order valence-corrected chi connectivity index (χ0v) is 18.4. The quantitative estimate of drug-likeness (QED) is 0.546. The predicted octanol–water partition coefficient (Wildman–Crippen LogP) is 2.87. The van der Waals surface area contributed by atoms with Gasteiger partial charge in [-0.05, 0) is 43.7 Å². The zero-order valence-electron chi connectivity index (χ0n) is 18.4. The number of pyridine rings is 1. The van der Waals surface area contributed by atoms with Gasteiger partial charge in [-0.2, -0.15) is 0 Å². The molecular formula is C23H22FN5O5. The molecule has 0 aliphatic carbocycles. The molecule has 0 radical (unpaired) electrons. The van der Waals surface area contributed by atoms with E-state index in [0.717, 1.165) is 19.4 Å². The van der Waals surface area contributed by atoms with E-state index in [1.54, 1.807) is 31.2 Å². The predicted molar refractivity (Wildman–Crippen MR) is 117 cm³/mol. The van der Waals surface area contributed by atoms with Gasteiger partial charge in [-0.1, -0.05) is 6.07 Å². The number of ether oxygens (including phenoxy) is 2. The minimum Gasteiger partial charge on any atom is -0.461 e. The molecule has 2 aliphatic rings. The molecule has 176 valence electrons. The minimum atomic E-state index is -0.620. The van der Waals surface area contributed by atoms with Crippen molar-refractivity contribution in [3.05, 3.63) is 48.2 Å². The van der Waals surface area contributed by atoms with Crippen LogP contribution in [-0.4, -0.2) is 59.1 Å². The Bertz CT molecular complexity index is 1210. The van der Waals surface area contributed by atoms with Crippen LogP contribution in [0.4, 0.5) is 14.9 Å². The SMILES string of the molecule is Cc1nnc(-c2ccc(-c3ccc(N4C[C@H](COC(=O)[C@@H]5CCCN5)OC4=O)cc3F)cn2)o1. The average molecular weight is 467 g/mol. The summed E-state index contributed by atoms with van der Waals surface area (Å²) in [6, 6.07) is 7.53. The summed E-state index contributed by atoms with van der Waals surface area (Å²) in [6.07, 6.45) is 1.93. The average Bonchev–Trinajstić information content (AvgIpc) is 3.59. The number of carbonyl (C=O) groups is 2. The number of amides is 1. The first-order valence-corrected chi connectivity index (χ1v) is 10.9. The molecule has 5 rings (SSSR count). The lowest BCUT2D eigenvalue weighted by molar-refractivity contribution is -0.148. The van der Waals surface area contributed by atoms with Gasteiger partial charge in [0, 0.05) is 24.2 Å². The third-order valence-electron chi connectivity index (χ3n) is 5.71. The fourth-order valence-electron chi connectivity index (χ4n) is 3.97. The van der Waals surface area contributed by atoms with E-state index in [9.17, 15) is 14.0 Å². The summed E-state index contributed by atoms with van der Waals surface area (Å²) in [5.41, 5.74) is 1.71. The highest BCUT2D eigenvalue weighted by Crippen LogP contribution is 2.30. The van der Waals surface area contributed by atoms with Gasteiger partial charge in [0.25, 0.3) is 5.89 Å². The maximum Gasteiger partial charge on any atom is 0.414 e. The van der Waals surface area contributed by atoms with Crippen LogP contribution in [-0.2, 0) is 14.3 Å². The van der Waals surface area contributed by atoms with Crippen molar-refractivity contribution in [3.63, 3.8) is 0 Å². The second-order valence-corrected chi connectivity index (χ2v) is 8.12. The first kappa shape index (κ1) is 22.0. The molecule has 2 atom stereocenters. The molecule has 0 saturated carbocycles. The fraction of sp³-hybridized carbons (Fsp3) is 0.348. The van der Waals surface area contributed by atoms with E-state index in [-0.39, 0.29) is 31.1 Å². The van der Waals surface area contributed by atoms with Gasteiger partial charge < -0.3 is 19.2 Å². The largest absolute Gasteiger partial charge is 0.461 e. The van der Waals surface area contributed by atoms with E-state index in [2.05, 4.69) is 20.5 Å². The standard InChI is InChI=1S/C23H22FN5O5/c1-13-27-28-21(33-13)19-7-4-14(10-26-19)17-6-5-15(9-18(17)24)29-11-16(34-23(29)31)12-32-22(30)20-3-2-8-25-20/h4-7,9-10,16,20,25H,2-3,8,11-12H2,1H3/t16-,20+/m1/s1. The number of hydrogen-bond donors (Lipinski definition) is 1. The maximum absolute atomic E-state index is 14.9. The lowest BCUT2D eigenvalue weighted by Gasteiger charge is -2.15. The summed E-state index contributed by atoms with van der Waals surface area (Å²) in [4.78, 5) is 30.0. The number of anilines is 1. The molecule has 2 fully saturated rings. The van der Waals surface area contributed by atoms with Crippen LogP contribution in [0.3, 0.4) is 0 Å². The number of aromatic nitrogens is 3. The first-order valence-electron chi connectivity index (χ1n) is 10.9. The van der Waals surface area contributed by atoms with Crippen molar-refractivity contribution >= 4 is 17.7 Å². The van der Waals surface area contributed by atoms with E-state index < -0.39 is 18.0 Å². The highest BCUT2D eigenvalue weighted by Gasteiger charge is 2.34. The zero-order chi connectivity index (χ0) is 23.7. The van der Waals surface area contributed by atoms with Crippen LogP contribution in [0.5, 0.6) is 0 Å². The van der Waals surface area contributed by atoms with Gasteiger partial charge in [0.1, 0.15) is 24.2 Å². The fourth-order valence-corrected chi connectivity index (χ4v) is 3.97. The third kappa shape index (κ3) is 4.46. The monoisotopic (exact) mass is 467 g/mol. The Labute approximate surface area is 194 Å². The van der Waals surface area contributed by atoms with E-state index in [1.165, 1.54) is 17.2 Å². The molecule has 1 N–H and O–H groups in total. The van der Waals surface area contributed by atoms with Gasteiger partial charge in [-0.3, -0.25) is 14.7 Å². The highest BCUT2D eigenvalue weighted by atomic mass is 19.1. The topological polar surface area (TPSA) is 120 Å². The van der Waals surface area contributed by atoms with E-state index in [1.807, 2.05) is 0 Å². The van der Waals surface area contributed by atoms with Crippen molar-refractivity contribution in [2.75, 3.05) is 24.6 Å². The molecule has 1 amide bonds.